The summed E-state index contributed by atoms with van der Waals surface area (Å²) < 4.78 is 28.0. The molecule has 0 unspecified atom stereocenters. The Kier molecular flexibility index (Phi) is 5.48. The Morgan fingerprint density at radius 2 is 2.03 bits per heavy atom. The third-order valence-electron chi connectivity index (χ3n) is 5.05. The zero-order valence-corrected chi connectivity index (χ0v) is 17.8. The Hall–Kier alpha value is -2.91. The van der Waals surface area contributed by atoms with Crippen LogP contribution in [-0.4, -0.2) is 27.4 Å². The van der Waals surface area contributed by atoms with Gasteiger partial charge in [0.15, 0.2) is 11.6 Å². The molecule has 0 N–H and O–H groups in total. The Morgan fingerprint density at radius 1 is 1.23 bits per heavy atom. The Bertz CT molecular complexity index is 1280. The van der Waals surface area contributed by atoms with Crippen LogP contribution in [0.3, 0.4) is 0 Å². The molecule has 0 spiro atoms. The van der Waals surface area contributed by atoms with Crippen LogP contribution in [0, 0.1) is 11.6 Å². The average molecular weight is 446 g/mol. The molecule has 0 saturated heterocycles. The fourth-order valence-electron chi connectivity index (χ4n) is 3.16. The van der Waals surface area contributed by atoms with Crippen LogP contribution < -0.4 is 5.56 Å². The van der Waals surface area contributed by atoms with Gasteiger partial charge in [-0.05, 0) is 36.1 Å². The van der Waals surface area contributed by atoms with E-state index in [9.17, 15) is 18.4 Å². The highest BCUT2D eigenvalue weighted by molar-refractivity contribution is 7.18. The molecule has 3 aromatic heterocycles. The lowest BCUT2D eigenvalue weighted by Gasteiger charge is -2.25. The van der Waals surface area contributed by atoms with E-state index in [4.69, 9.17) is 0 Å². The molecular weight excluding hydrogens is 428 g/mol. The van der Waals surface area contributed by atoms with E-state index < -0.39 is 17.7 Å². The number of benzene rings is 1. The van der Waals surface area contributed by atoms with Gasteiger partial charge in [-0.3, -0.25) is 14.2 Å². The lowest BCUT2D eigenvalue weighted by Crippen LogP contribution is -2.35. The van der Waals surface area contributed by atoms with Gasteiger partial charge in [0.05, 0.1) is 17.8 Å². The minimum absolute atomic E-state index is 0.202. The van der Waals surface area contributed by atoms with Gasteiger partial charge in [-0.2, -0.15) is 0 Å². The largest absolute Gasteiger partial charge is 0.337 e. The number of carbonyl (C=O) groups is 1. The zero-order valence-electron chi connectivity index (χ0n) is 16.1. The molecule has 1 amide bonds. The zero-order chi connectivity index (χ0) is 21.4. The summed E-state index contributed by atoms with van der Waals surface area (Å²) in [6, 6.07) is 6.89. The van der Waals surface area contributed by atoms with Crippen LogP contribution in [0.25, 0.3) is 20.7 Å². The van der Waals surface area contributed by atoms with Crippen LogP contribution in [-0.2, 0) is 11.3 Å². The molecule has 1 atom stereocenters. The lowest BCUT2D eigenvalue weighted by molar-refractivity contribution is -0.132. The van der Waals surface area contributed by atoms with Gasteiger partial charge in [-0.1, -0.05) is 12.1 Å². The molecule has 0 saturated carbocycles. The highest BCUT2D eigenvalue weighted by atomic mass is 32.1. The number of halogens is 2. The van der Waals surface area contributed by atoms with Crippen molar-refractivity contribution in [3.63, 3.8) is 0 Å². The number of amides is 1. The second-order valence-corrected chi connectivity index (χ2v) is 8.64. The van der Waals surface area contributed by atoms with Crippen molar-refractivity contribution in [2.24, 2.45) is 0 Å². The van der Waals surface area contributed by atoms with Crippen molar-refractivity contribution in [3.05, 3.63) is 75.0 Å². The second-order valence-electron chi connectivity index (χ2n) is 6.84. The van der Waals surface area contributed by atoms with Gasteiger partial charge in [0.1, 0.15) is 11.4 Å². The predicted octanol–water partition coefficient (Wildman–Crippen LogP) is 4.68. The molecule has 0 radical (unpaired) electrons. The minimum Gasteiger partial charge on any atom is -0.337 e. The summed E-state index contributed by atoms with van der Waals surface area (Å²) in [6.45, 7) is 1.51. The van der Waals surface area contributed by atoms with E-state index in [0.717, 1.165) is 22.6 Å². The highest BCUT2D eigenvalue weighted by Crippen LogP contribution is 2.33. The molecule has 4 rings (SSSR count). The van der Waals surface area contributed by atoms with Gasteiger partial charge >= 0.3 is 0 Å². The third-order valence-corrected chi connectivity index (χ3v) is 6.84. The van der Waals surface area contributed by atoms with E-state index >= 15 is 0 Å². The van der Waals surface area contributed by atoms with Crippen LogP contribution in [0.2, 0.25) is 0 Å². The standard InChI is InChI=1S/C21H17F2N3O2S2/c1-12(13-5-6-15(22)16(23)8-13)25(2)18(27)9-26-11-24-20-19(21(26)28)14(10-30-20)17-4-3-7-29-17/h3-8,10-12H,9H2,1-2H3/t12-/m0/s1. The Morgan fingerprint density at radius 3 is 2.73 bits per heavy atom. The van der Waals surface area contributed by atoms with Crippen molar-refractivity contribution in [1.82, 2.24) is 14.5 Å². The molecule has 4 aromatic rings. The first-order valence-corrected chi connectivity index (χ1v) is 10.8. The molecule has 1 aromatic carbocycles. The maximum Gasteiger partial charge on any atom is 0.263 e. The van der Waals surface area contributed by atoms with Gasteiger partial charge in [0.25, 0.3) is 5.56 Å². The van der Waals surface area contributed by atoms with Gasteiger partial charge in [-0.15, -0.1) is 22.7 Å². The molecule has 154 valence electrons. The molecule has 0 bridgehead atoms. The fraction of sp³-hybridized carbons (Fsp3) is 0.190. The molecule has 0 aliphatic heterocycles. The molecule has 0 aliphatic rings. The van der Waals surface area contributed by atoms with E-state index in [1.165, 1.54) is 44.5 Å². The molecule has 0 aliphatic carbocycles. The number of carbonyl (C=O) groups excluding carboxylic acids is 1. The number of hydrogen-bond acceptors (Lipinski definition) is 5. The van der Waals surface area contributed by atoms with Gasteiger partial charge in [-0.25, -0.2) is 13.8 Å². The summed E-state index contributed by atoms with van der Waals surface area (Å²) >= 11 is 2.92. The van der Waals surface area contributed by atoms with Crippen molar-refractivity contribution in [3.8, 4) is 10.4 Å². The summed E-state index contributed by atoms with van der Waals surface area (Å²) in [5, 5.41) is 4.33. The first-order valence-electron chi connectivity index (χ1n) is 9.08. The maximum atomic E-state index is 13.5. The summed E-state index contributed by atoms with van der Waals surface area (Å²) in [5.74, 6) is -2.25. The Balaban J connectivity index is 1.61. The number of aromatic nitrogens is 2. The number of fused-ring (bicyclic) bond motifs is 1. The number of likely N-dealkylation sites (N-methyl/N-ethyl adjacent to an activating group) is 1. The van der Waals surface area contributed by atoms with Crippen molar-refractivity contribution in [1.29, 1.82) is 0 Å². The molecule has 30 heavy (non-hydrogen) atoms. The number of hydrogen-bond donors (Lipinski definition) is 0. The highest BCUT2D eigenvalue weighted by Gasteiger charge is 2.21. The smallest absolute Gasteiger partial charge is 0.263 e. The van der Waals surface area contributed by atoms with E-state index in [0.29, 0.717) is 15.8 Å². The number of rotatable bonds is 5. The van der Waals surface area contributed by atoms with Crippen molar-refractivity contribution in [2.75, 3.05) is 7.05 Å². The predicted molar refractivity (Wildman–Crippen MR) is 115 cm³/mol. The monoisotopic (exact) mass is 445 g/mol. The van der Waals surface area contributed by atoms with Crippen molar-refractivity contribution < 1.29 is 13.6 Å². The van der Waals surface area contributed by atoms with Crippen LogP contribution in [0.15, 0.2) is 52.2 Å². The van der Waals surface area contributed by atoms with E-state index in [2.05, 4.69) is 4.98 Å². The second kappa shape index (κ2) is 8.08. The first kappa shape index (κ1) is 20.4. The summed E-state index contributed by atoms with van der Waals surface area (Å²) in [4.78, 5) is 33.2. The van der Waals surface area contributed by atoms with Gasteiger partial charge < -0.3 is 4.90 Å². The SMILES string of the molecule is C[C@@H](c1ccc(F)c(F)c1)N(C)C(=O)Cn1cnc2scc(-c3cccs3)c2c1=O. The van der Waals surface area contributed by atoms with E-state index in [1.54, 1.807) is 14.0 Å². The van der Waals surface area contributed by atoms with Crippen LogP contribution >= 0.6 is 22.7 Å². The normalized spacial score (nSPS) is 12.3. The van der Waals surface area contributed by atoms with Crippen LogP contribution in [0.5, 0.6) is 0 Å². The van der Waals surface area contributed by atoms with Gasteiger partial charge in [0, 0.05) is 22.9 Å². The van der Waals surface area contributed by atoms with Gasteiger partial charge in [0.2, 0.25) is 5.91 Å². The Labute approximate surface area is 178 Å². The summed E-state index contributed by atoms with van der Waals surface area (Å²) in [7, 11) is 1.56. The summed E-state index contributed by atoms with van der Waals surface area (Å²) in [6.07, 6.45) is 1.37. The van der Waals surface area contributed by atoms with Crippen LogP contribution in [0.1, 0.15) is 18.5 Å². The van der Waals surface area contributed by atoms with Crippen molar-refractivity contribution >= 4 is 38.8 Å². The molecule has 0 fully saturated rings. The molecule has 9 heteroatoms. The molecule has 3 heterocycles. The number of thiophene rings is 2. The summed E-state index contributed by atoms with van der Waals surface area (Å²) in [5.41, 5.74) is 0.989. The lowest BCUT2D eigenvalue weighted by atomic mass is 10.1. The number of nitrogens with zero attached hydrogens (tertiary/aromatic N) is 3. The fourth-order valence-corrected chi connectivity index (χ4v) is 4.88. The third kappa shape index (κ3) is 3.66. The first-order chi connectivity index (χ1) is 14.4. The quantitative estimate of drug-likeness (QED) is 0.448. The minimum atomic E-state index is -0.968. The van der Waals surface area contributed by atoms with Crippen molar-refractivity contribution in [2.45, 2.75) is 19.5 Å². The average Bonchev–Trinajstić information content (AvgIpc) is 3.40. The van der Waals surface area contributed by atoms with E-state index in [-0.39, 0.29) is 18.0 Å². The van der Waals surface area contributed by atoms with E-state index in [1.807, 2.05) is 22.9 Å². The maximum absolute atomic E-state index is 13.5. The van der Waals surface area contributed by atoms with Crippen LogP contribution in [0.4, 0.5) is 8.78 Å². The molecular formula is C21H17F2N3O2S2. The molecule has 5 nitrogen and oxygen atoms in total. The topological polar surface area (TPSA) is 55.2 Å².